The molecule has 0 bridgehead atoms. The molecule has 0 amide bonds. The third-order valence-electron chi connectivity index (χ3n) is 10.7. The molecule has 0 atom stereocenters. The van der Waals surface area contributed by atoms with E-state index < -0.39 is 16.9 Å². The number of aryl methyl sites for hydroxylation is 4. The van der Waals surface area contributed by atoms with E-state index in [1.165, 1.54) is 23.2 Å². The summed E-state index contributed by atoms with van der Waals surface area (Å²) in [5, 5.41) is 9.21. The Bertz CT molecular complexity index is 3800. The minimum absolute atomic E-state index is 0.189. The van der Waals surface area contributed by atoms with Crippen LogP contribution >= 0.6 is 47.8 Å². The second-order valence-corrected chi connectivity index (χ2v) is 18.3. The third-order valence-corrected chi connectivity index (χ3v) is 12.3. The fourth-order valence-corrected chi connectivity index (χ4v) is 8.63. The smallest absolute Gasteiger partial charge is 0.332 e. The van der Waals surface area contributed by atoms with Crippen LogP contribution in [0.3, 0.4) is 0 Å². The Balaban J connectivity index is 0.000000156. The molecule has 352 valence electrons. The summed E-state index contributed by atoms with van der Waals surface area (Å²) in [5.74, 6) is 1.71. The van der Waals surface area contributed by atoms with Crippen LogP contribution in [0.4, 0.5) is 0 Å². The van der Waals surface area contributed by atoms with Crippen molar-refractivity contribution in [1.82, 2.24) is 47.3 Å². The highest BCUT2D eigenvalue weighted by Crippen LogP contribution is 2.30. The minimum atomic E-state index is -0.461. The number of hydrogen-bond acceptors (Lipinski definition) is 12. The Morgan fingerprint density at radius 1 is 0.565 bits per heavy atom. The summed E-state index contributed by atoms with van der Waals surface area (Å²) in [5.41, 5.74) is 4.72. The van der Waals surface area contributed by atoms with E-state index in [2.05, 4.69) is 67.7 Å². The highest BCUT2D eigenvalue weighted by molar-refractivity contribution is 9.11. The molecule has 6 heterocycles. The van der Waals surface area contributed by atoms with Crippen molar-refractivity contribution >= 4 is 70.1 Å². The molecule has 4 aromatic carbocycles. The predicted octanol–water partition coefficient (Wildman–Crippen LogP) is 8.36. The molecule has 0 unspecified atom stereocenters. The number of ether oxygens (including phenoxy) is 1. The van der Waals surface area contributed by atoms with E-state index in [1.807, 2.05) is 80.6 Å². The molecule has 0 aliphatic carbocycles. The normalized spacial score (nSPS) is 11.1. The molecule has 21 heteroatoms. The first-order valence-corrected chi connectivity index (χ1v) is 23.2. The Morgan fingerprint density at radius 3 is 1.55 bits per heavy atom. The summed E-state index contributed by atoms with van der Waals surface area (Å²) in [6.45, 7) is 4.50. The van der Waals surface area contributed by atoms with Gasteiger partial charge in [0, 0.05) is 48.3 Å². The molecular weight excluding hydrogens is 1080 g/mol. The van der Waals surface area contributed by atoms with Crippen LogP contribution in [0.5, 0.6) is 17.5 Å². The molecule has 0 saturated carbocycles. The van der Waals surface area contributed by atoms with Crippen molar-refractivity contribution in [3.63, 3.8) is 0 Å². The number of nitrogens with zero attached hydrogens (tertiary/aromatic N) is 10. The summed E-state index contributed by atoms with van der Waals surface area (Å²) < 4.78 is 27.5. The van der Waals surface area contributed by atoms with Gasteiger partial charge in [0.25, 0.3) is 11.1 Å². The summed E-state index contributed by atoms with van der Waals surface area (Å²) in [4.78, 5) is 67.4. The van der Waals surface area contributed by atoms with Crippen LogP contribution in [0.15, 0.2) is 151 Å². The first-order chi connectivity index (χ1) is 33.0. The van der Waals surface area contributed by atoms with Crippen molar-refractivity contribution < 1.29 is 18.7 Å². The van der Waals surface area contributed by atoms with E-state index >= 15 is 0 Å². The number of oxazole rings is 2. The molecule has 1 N–H and O–H groups in total. The summed E-state index contributed by atoms with van der Waals surface area (Å²) in [7, 11) is 6.10. The Labute approximate surface area is 416 Å². The number of benzene rings is 4. The van der Waals surface area contributed by atoms with Gasteiger partial charge in [-0.2, -0.15) is 4.98 Å². The van der Waals surface area contributed by atoms with Gasteiger partial charge in [0.1, 0.15) is 24.0 Å². The van der Waals surface area contributed by atoms with Gasteiger partial charge in [0.2, 0.25) is 11.8 Å². The lowest BCUT2D eigenvalue weighted by Crippen LogP contribution is -2.37. The zero-order valence-electron chi connectivity index (χ0n) is 37.7. The Hall–Kier alpha value is -7.36. The number of rotatable bonds is 8. The lowest BCUT2D eigenvalue weighted by Gasteiger charge is -2.11. The number of aromatic hydroxyl groups is 1. The maximum Gasteiger partial charge on any atom is 0.332 e. The van der Waals surface area contributed by atoms with Gasteiger partial charge in [-0.1, -0.05) is 68.3 Å². The number of halogens is 3. The van der Waals surface area contributed by atoms with Gasteiger partial charge in [-0.25, -0.2) is 24.5 Å². The number of imidazole rings is 2. The number of aromatic nitrogens is 10. The molecule has 0 radical (unpaired) electrons. The minimum Gasteiger partial charge on any atom is -0.508 e. The van der Waals surface area contributed by atoms with Crippen molar-refractivity contribution in [3.05, 3.63) is 187 Å². The molecule has 0 saturated heterocycles. The van der Waals surface area contributed by atoms with Crippen LogP contribution in [0.2, 0.25) is 0 Å². The average Bonchev–Trinajstić information content (AvgIpc) is 4.13. The van der Waals surface area contributed by atoms with Crippen molar-refractivity contribution in [3.8, 4) is 40.4 Å². The topological polar surface area (TPSA) is 205 Å². The molecule has 0 fully saturated rings. The maximum absolute atomic E-state index is 13.1. The van der Waals surface area contributed by atoms with Gasteiger partial charge in [-0.15, -0.1) is 0 Å². The monoisotopic (exact) mass is 1120 g/mol. The molecule has 69 heavy (non-hydrogen) atoms. The van der Waals surface area contributed by atoms with Crippen molar-refractivity contribution in [2.24, 2.45) is 28.2 Å². The van der Waals surface area contributed by atoms with Crippen LogP contribution in [-0.4, -0.2) is 52.4 Å². The summed E-state index contributed by atoms with van der Waals surface area (Å²) in [6, 6.07) is 29.8. The van der Waals surface area contributed by atoms with Crippen LogP contribution in [-0.2, 0) is 41.3 Å². The van der Waals surface area contributed by atoms with Gasteiger partial charge < -0.3 is 23.2 Å². The van der Waals surface area contributed by atoms with Crippen LogP contribution in [0.1, 0.15) is 22.5 Å². The summed E-state index contributed by atoms with van der Waals surface area (Å²) >= 11 is 10.3. The van der Waals surface area contributed by atoms with E-state index in [9.17, 15) is 24.3 Å². The maximum atomic E-state index is 13.1. The predicted molar refractivity (Wildman–Crippen MR) is 270 cm³/mol. The molecule has 0 aliphatic rings. The quantitative estimate of drug-likeness (QED) is 0.143. The first kappa shape index (κ1) is 48.1. The van der Waals surface area contributed by atoms with E-state index in [4.69, 9.17) is 13.6 Å². The zero-order chi connectivity index (χ0) is 49.3. The molecule has 10 rings (SSSR count). The third kappa shape index (κ3) is 10.2. The average molecular weight is 1130 g/mol. The van der Waals surface area contributed by atoms with Gasteiger partial charge >= 0.3 is 17.4 Å². The molecule has 0 aliphatic heterocycles. The van der Waals surface area contributed by atoms with Crippen molar-refractivity contribution in [2.45, 2.75) is 26.9 Å². The number of hydrogen-bond donors (Lipinski definition) is 1. The van der Waals surface area contributed by atoms with Crippen molar-refractivity contribution in [2.75, 3.05) is 0 Å². The second-order valence-electron chi connectivity index (χ2n) is 15.7. The first-order valence-electron chi connectivity index (χ1n) is 20.9. The highest BCUT2D eigenvalue weighted by Gasteiger charge is 2.22. The Kier molecular flexibility index (Phi) is 14.0. The molecule has 6 aromatic heterocycles. The standard InChI is InChI=1S/C24H20BrN5O4.C14H12Br2N4O2.C10H9NO2/c1-14-13-33-21(26-14)16-7-5-9-18(11-16)34-23-27-20-19(22(31)29(3)24(32)28(20)2)30(23)12-15-6-4-8-17(25)10-15;1-18-11-10(12(21)19(2)14(18)22)20(13(16)17-11)7-8-4-3-5-9(15)6-8;1-7-6-13-10(11-7)8-3-2-4-9(12)5-8/h4-11,13H,12H2,1-3H3;3-6H,7H2,1-2H3;2-6,12H,1H3. The fourth-order valence-electron chi connectivity index (χ4n) is 7.26. The van der Waals surface area contributed by atoms with Crippen LogP contribution in [0.25, 0.3) is 45.2 Å². The molecule has 18 nitrogen and oxygen atoms in total. The number of fused-ring (bicyclic) bond motifs is 2. The van der Waals surface area contributed by atoms with Gasteiger partial charge in [-0.3, -0.25) is 32.4 Å². The highest BCUT2D eigenvalue weighted by atomic mass is 79.9. The second kappa shape index (κ2) is 20.1. The molecule has 0 spiro atoms. The summed E-state index contributed by atoms with van der Waals surface area (Å²) in [6.07, 6.45) is 3.16. The lowest BCUT2D eigenvalue weighted by molar-refractivity contribution is 0.421. The van der Waals surface area contributed by atoms with Crippen molar-refractivity contribution in [1.29, 1.82) is 0 Å². The fraction of sp³-hybridized carbons (Fsp3) is 0.167. The van der Waals surface area contributed by atoms with Gasteiger partial charge in [-0.05, 0) is 102 Å². The van der Waals surface area contributed by atoms with E-state index in [1.54, 1.807) is 66.1 Å². The number of phenols is 1. The van der Waals surface area contributed by atoms with Crippen LogP contribution < -0.4 is 27.2 Å². The number of phenolic OH excluding ortho intramolecular Hbond substituents is 1. The van der Waals surface area contributed by atoms with Gasteiger partial charge in [0.15, 0.2) is 27.1 Å². The lowest BCUT2D eigenvalue weighted by atomic mass is 10.2. The van der Waals surface area contributed by atoms with Gasteiger partial charge in [0.05, 0.1) is 24.5 Å². The van der Waals surface area contributed by atoms with E-state index in [0.717, 1.165) is 51.7 Å². The van der Waals surface area contributed by atoms with E-state index in [0.29, 0.717) is 46.5 Å². The largest absolute Gasteiger partial charge is 0.508 e. The molecular formula is C48H41Br3N10O8. The molecule has 10 aromatic rings. The SMILES string of the molecule is Cc1coc(-c2cccc(O)c2)n1.Cc1coc(-c2cccc(Oc3nc4c(c(=O)n(C)c(=O)n4C)n3Cc3cccc(Br)c3)c2)n1.Cn1c(=O)c2c(nc(Br)n2Cc2cccc(Br)c2)n(C)c1=O. The Morgan fingerprint density at radius 2 is 1.04 bits per heavy atom. The van der Waals surface area contributed by atoms with E-state index in [-0.39, 0.29) is 28.5 Å². The van der Waals surface area contributed by atoms with Crippen LogP contribution in [0, 0.1) is 13.8 Å². The zero-order valence-corrected chi connectivity index (χ0v) is 42.5.